The number of benzene rings is 1. The molecule has 1 rings (SSSR count). The summed E-state index contributed by atoms with van der Waals surface area (Å²) in [5.74, 6) is -0.734. The Morgan fingerprint density at radius 1 is 1.32 bits per heavy atom. The van der Waals surface area contributed by atoms with Crippen LogP contribution < -0.4 is 10.1 Å². The topological polar surface area (TPSA) is 94.1 Å². The number of hydrogen-bond acceptors (Lipinski definition) is 6. The van der Waals surface area contributed by atoms with Crippen LogP contribution in [-0.2, 0) is 19.1 Å². The Hall–Kier alpha value is -2.54. The quantitative estimate of drug-likeness (QED) is 0.417. The number of esters is 1. The number of carbonyl (C=O) groups excluding carboxylic acids is 2. The van der Waals surface area contributed by atoms with Gasteiger partial charge in [0.15, 0.2) is 18.1 Å². The lowest BCUT2D eigenvalue weighted by atomic mass is 10.2. The Morgan fingerprint density at radius 3 is 2.77 bits per heavy atom. The zero-order valence-corrected chi connectivity index (χ0v) is 12.5. The second kappa shape index (κ2) is 9.41. The molecule has 0 aromatic heterocycles. The van der Waals surface area contributed by atoms with Crippen molar-refractivity contribution in [2.45, 2.75) is 0 Å². The molecule has 22 heavy (non-hydrogen) atoms. The minimum Gasteiger partial charge on any atom is -0.504 e. The maximum absolute atomic E-state index is 11.5. The minimum atomic E-state index is -0.645. The normalized spacial score (nSPS) is 10.5. The van der Waals surface area contributed by atoms with Crippen molar-refractivity contribution in [1.82, 2.24) is 5.32 Å². The Kier molecular flexibility index (Phi) is 7.49. The van der Waals surface area contributed by atoms with Crippen LogP contribution in [0.1, 0.15) is 5.56 Å². The van der Waals surface area contributed by atoms with Crippen LogP contribution >= 0.6 is 0 Å². The van der Waals surface area contributed by atoms with Crippen LogP contribution in [0.2, 0.25) is 0 Å². The van der Waals surface area contributed by atoms with Crippen molar-refractivity contribution < 1.29 is 28.9 Å². The van der Waals surface area contributed by atoms with Gasteiger partial charge in [-0.25, -0.2) is 4.79 Å². The van der Waals surface area contributed by atoms with Gasteiger partial charge in [-0.05, 0) is 23.8 Å². The highest BCUT2D eigenvalue weighted by molar-refractivity contribution is 5.89. The van der Waals surface area contributed by atoms with Gasteiger partial charge in [-0.1, -0.05) is 6.07 Å². The van der Waals surface area contributed by atoms with Crippen LogP contribution in [0.3, 0.4) is 0 Å². The summed E-state index contributed by atoms with van der Waals surface area (Å²) in [5.41, 5.74) is 0.649. The molecule has 120 valence electrons. The molecule has 0 aliphatic rings. The van der Waals surface area contributed by atoms with E-state index >= 15 is 0 Å². The van der Waals surface area contributed by atoms with Gasteiger partial charge in [-0.15, -0.1) is 0 Å². The third-order valence-electron chi connectivity index (χ3n) is 2.59. The summed E-state index contributed by atoms with van der Waals surface area (Å²) < 4.78 is 14.5. The number of amides is 1. The molecular formula is C15H19NO6. The molecule has 2 N–H and O–H groups in total. The summed E-state index contributed by atoms with van der Waals surface area (Å²) in [7, 11) is 2.95. The van der Waals surface area contributed by atoms with E-state index in [2.05, 4.69) is 5.32 Å². The molecule has 0 saturated carbocycles. The molecule has 0 radical (unpaired) electrons. The SMILES string of the molecule is COCCNC(=O)COC(=O)/C=C/c1ccc(O)c(OC)c1. The lowest BCUT2D eigenvalue weighted by Crippen LogP contribution is -2.31. The molecule has 0 bridgehead atoms. The molecule has 0 saturated heterocycles. The predicted molar refractivity (Wildman–Crippen MR) is 79.5 cm³/mol. The van der Waals surface area contributed by atoms with Crippen molar-refractivity contribution in [2.24, 2.45) is 0 Å². The molecule has 0 fully saturated rings. The monoisotopic (exact) mass is 309 g/mol. The van der Waals surface area contributed by atoms with Gasteiger partial charge in [0.1, 0.15) is 0 Å². The number of ether oxygens (including phenoxy) is 3. The maximum Gasteiger partial charge on any atom is 0.331 e. The summed E-state index contributed by atoms with van der Waals surface area (Å²) in [5, 5.41) is 12.0. The highest BCUT2D eigenvalue weighted by Gasteiger charge is 2.05. The van der Waals surface area contributed by atoms with Crippen molar-refractivity contribution in [1.29, 1.82) is 0 Å². The number of methoxy groups -OCH3 is 2. The number of nitrogens with one attached hydrogen (secondary N) is 1. The number of hydrogen-bond donors (Lipinski definition) is 2. The molecule has 1 aromatic rings. The second-order valence-corrected chi connectivity index (χ2v) is 4.22. The Morgan fingerprint density at radius 2 is 2.09 bits per heavy atom. The molecular weight excluding hydrogens is 290 g/mol. The van der Waals surface area contributed by atoms with E-state index in [4.69, 9.17) is 14.2 Å². The van der Waals surface area contributed by atoms with Crippen molar-refractivity contribution in [3.05, 3.63) is 29.8 Å². The summed E-state index contributed by atoms with van der Waals surface area (Å²) in [6, 6.07) is 4.63. The van der Waals surface area contributed by atoms with Gasteiger partial charge in [0.2, 0.25) is 0 Å². The molecule has 1 aromatic carbocycles. The molecule has 0 aliphatic carbocycles. The fraction of sp³-hybridized carbons (Fsp3) is 0.333. The van der Waals surface area contributed by atoms with Gasteiger partial charge in [0.25, 0.3) is 5.91 Å². The van der Waals surface area contributed by atoms with Crippen molar-refractivity contribution in [3.63, 3.8) is 0 Å². The molecule has 0 spiro atoms. The van der Waals surface area contributed by atoms with Crippen LogP contribution in [0.4, 0.5) is 0 Å². The molecule has 1 amide bonds. The first-order chi connectivity index (χ1) is 10.6. The average molecular weight is 309 g/mol. The van der Waals surface area contributed by atoms with E-state index in [0.29, 0.717) is 24.5 Å². The van der Waals surface area contributed by atoms with Gasteiger partial charge in [0.05, 0.1) is 13.7 Å². The van der Waals surface area contributed by atoms with Crippen molar-refractivity contribution >= 4 is 18.0 Å². The van der Waals surface area contributed by atoms with Gasteiger partial charge in [-0.2, -0.15) is 0 Å². The molecule has 0 atom stereocenters. The van der Waals surface area contributed by atoms with E-state index in [0.717, 1.165) is 0 Å². The number of rotatable bonds is 8. The summed E-state index contributed by atoms with van der Waals surface area (Å²) in [6.07, 6.45) is 2.68. The lowest BCUT2D eigenvalue weighted by molar-refractivity contribution is -0.143. The first-order valence-electron chi connectivity index (χ1n) is 6.54. The number of carbonyl (C=O) groups is 2. The zero-order chi connectivity index (χ0) is 16.4. The average Bonchev–Trinajstić information content (AvgIpc) is 2.52. The highest BCUT2D eigenvalue weighted by Crippen LogP contribution is 2.26. The number of aromatic hydroxyl groups is 1. The lowest BCUT2D eigenvalue weighted by Gasteiger charge is -2.05. The van der Waals surface area contributed by atoms with E-state index in [-0.39, 0.29) is 12.4 Å². The van der Waals surface area contributed by atoms with E-state index in [1.54, 1.807) is 12.1 Å². The third kappa shape index (κ3) is 6.27. The second-order valence-electron chi connectivity index (χ2n) is 4.22. The summed E-state index contributed by atoms with van der Waals surface area (Å²) in [4.78, 5) is 22.8. The maximum atomic E-state index is 11.5. The Labute approximate surface area is 128 Å². The van der Waals surface area contributed by atoms with Crippen LogP contribution in [0, 0.1) is 0 Å². The van der Waals surface area contributed by atoms with Gasteiger partial charge in [-0.3, -0.25) is 4.79 Å². The molecule has 0 unspecified atom stereocenters. The summed E-state index contributed by atoms with van der Waals surface area (Å²) >= 11 is 0. The number of phenolic OH excluding ortho intramolecular Hbond substituents is 1. The van der Waals surface area contributed by atoms with Crippen molar-refractivity contribution in [2.75, 3.05) is 34.0 Å². The smallest absolute Gasteiger partial charge is 0.331 e. The minimum absolute atomic E-state index is 0.00922. The van der Waals surface area contributed by atoms with Crippen LogP contribution in [-0.4, -0.2) is 51.0 Å². The van der Waals surface area contributed by atoms with E-state index < -0.39 is 11.9 Å². The van der Waals surface area contributed by atoms with Gasteiger partial charge in [0, 0.05) is 19.7 Å². The summed E-state index contributed by atoms with van der Waals surface area (Å²) in [6.45, 7) is 0.393. The number of phenols is 1. The van der Waals surface area contributed by atoms with Gasteiger partial charge >= 0.3 is 5.97 Å². The van der Waals surface area contributed by atoms with Crippen LogP contribution in [0.5, 0.6) is 11.5 Å². The molecule has 0 aliphatic heterocycles. The van der Waals surface area contributed by atoms with Crippen LogP contribution in [0.15, 0.2) is 24.3 Å². The van der Waals surface area contributed by atoms with Gasteiger partial charge < -0.3 is 24.6 Å². The first-order valence-corrected chi connectivity index (χ1v) is 6.54. The fourth-order valence-corrected chi connectivity index (χ4v) is 1.49. The predicted octanol–water partition coefficient (Wildman–Crippen LogP) is 0.720. The van der Waals surface area contributed by atoms with E-state index in [1.165, 1.54) is 32.4 Å². The third-order valence-corrected chi connectivity index (χ3v) is 2.59. The van der Waals surface area contributed by atoms with Crippen LogP contribution in [0.25, 0.3) is 6.08 Å². The van der Waals surface area contributed by atoms with Crippen molar-refractivity contribution in [3.8, 4) is 11.5 Å². The standard InChI is InChI=1S/C15H19NO6/c1-20-8-7-16-14(18)10-22-15(19)6-4-11-3-5-12(17)13(9-11)21-2/h3-6,9,17H,7-8,10H2,1-2H3,(H,16,18)/b6-4+. The molecule has 0 heterocycles. The first kappa shape index (κ1) is 17.5. The van der Waals surface area contributed by atoms with E-state index in [9.17, 15) is 14.7 Å². The zero-order valence-electron chi connectivity index (χ0n) is 12.5. The molecule has 7 nitrogen and oxygen atoms in total. The van der Waals surface area contributed by atoms with E-state index in [1.807, 2.05) is 0 Å². The Bertz CT molecular complexity index is 541. The highest BCUT2D eigenvalue weighted by atomic mass is 16.5. The largest absolute Gasteiger partial charge is 0.504 e. The fourth-order valence-electron chi connectivity index (χ4n) is 1.49. The molecule has 7 heteroatoms. The Balaban J connectivity index is 2.43.